The minimum absolute atomic E-state index is 0. The van der Waals surface area contributed by atoms with Crippen LogP contribution in [0.5, 0.6) is 0 Å². The molecule has 0 atom stereocenters. The van der Waals surface area contributed by atoms with E-state index >= 15 is 0 Å². The maximum absolute atomic E-state index is 5.24. The minimum atomic E-state index is -0.193. The zero-order valence-corrected chi connectivity index (χ0v) is 32.2. The van der Waals surface area contributed by atoms with E-state index in [1.165, 1.54) is 16.3 Å². The molecule has 0 aliphatic rings. The molecule has 0 fully saturated rings. The van der Waals surface area contributed by atoms with Crippen LogP contribution in [0, 0.1) is 12.1 Å². The zero-order valence-electron chi connectivity index (χ0n) is 29.9. The summed E-state index contributed by atoms with van der Waals surface area (Å²) < 4.78 is 6.78. The van der Waals surface area contributed by atoms with Crippen LogP contribution in [-0.2, 0) is 31.9 Å². The predicted octanol–water partition coefficient (Wildman–Crippen LogP) is 10.8. The molecule has 0 saturated heterocycles. The molecule has 52 heavy (non-hydrogen) atoms. The van der Waals surface area contributed by atoms with Crippen LogP contribution in [0.25, 0.3) is 82.7 Å². The van der Waals surface area contributed by atoms with Gasteiger partial charge in [-0.3, -0.25) is 9.97 Å². The summed E-state index contributed by atoms with van der Waals surface area (Å²) in [5.41, 5.74) is 9.87. The van der Waals surface area contributed by atoms with Gasteiger partial charge in [0.25, 0.3) is 0 Å². The van der Waals surface area contributed by atoms with Crippen LogP contribution < -0.4 is 0 Å². The van der Waals surface area contributed by atoms with E-state index in [4.69, 9.17) is 15.0 Å². The number of benzene rings is 5. The van der Waals surface area contributed by atoms with Crippen molar-refractivity contribution in [2.75, 3.05) is 0 Å². The summed E-state index contributed by atoms with van der Waals surface area (Å²) in [6.07, 6.45) is 1.93. The molecule has 0 aliphatic heterocycles. The maximum Gasteiger partial charge on any atom is 2.00 e. The van der Waals surface area contributed by atoms with Gasteiger partial charge in [0.2, 0.25) is 0 Å². The summed E-state index contributed by atoms with van der Waals surface area (Å²) in [5, 5.41) is 5.53. The molecule has 0 N–H and O–H groups in total. The Kier molecular flexibility index (Phi) is 7.10. The van der Waals surface area contributed by atoms with Gasteiger partial charge < -0.3 is 13.5 Å². The van der Waals surface area contributed by atoms with Crippen LogP contribution in [-0.4, -0.2) is 28.5 Å². The molecule has 0 amide bonds. The Balaban J connectivity index is 0.00000360. The van der Waals surface area contributed by atoms with E-state index in [0.29, 0.717) is 0 Å². The maximum atomic E-state index is 5.24. The summed E-state index contributed by atoms with van der Waals surface area (Å²) in [6.45, 7) is 13.3. The fourth-order valence-corrected chi connectivity index (χ4v) is 7.76. The number of nitrogens with zero attached hydrogens (tertiary/aromatic N) is 6. The van der Waals surface area contributed by atoms with Crippen molar-refractivity contribution in [3.05, 3.63) is 133 Å². The quantitative estimate of drug-likeness (QED) is 0.163. The fourth-order valence-electron chi connectivity index (χ4n) is 7.76. The first kappa shape index (κ1) is 32.6. The summed E-state index contributed by atoms with van der Waals surface area (Å²) in [6, 6.07) is 44.2. The molecule has 5 aromatic carbocycles. The van der Waals surface area contributed by atoms with Crippen molar-refractivity contribution in [3.8, 4) is 11.5 Å². The zero-order chi connectivity index (χ0) is 34.8. The number of hydrogen-bond acceptors (Lipinski definition) is 3. The van der Waals surface area contributed by atoms with Gasteiger partial charge in [0.05, 0.1) is 16.7 Å². The Bertz CT molecular complexity index is 3060. The fraction of sp³-hybridized carbons (Fsp3) is 0.178. The van der Waals surface area contributed by atoms with Crippen molar-refractivity contribution in [3.63, 3.8) is 0 Å². The van der Waals surface area contributed by atoms with Crippen LogP contribution >= 0.6 is 0 Å². The molecular formula is C45H36N6Pt. The SMILES string of the molecule is CC(C)(C)c1ccnc(-n2c3[c-]c4c(cc3c3ccccc32)c2ccccc2n4-c2[c-]c3c(cc2)nc(C(C)(C)C)n2c4ccccc4nc32)c1.[Pt+2]. The molecule has 0 unspecified atom stereocenters. The van der Waals surface area contributed by atoms with E-state index in [0.717, 1.165) is 77.8 Å². The van der Waals surface area contributed by atoms with Crippen molar-refractivity contribution in [2.24, 2.45) is 0 Å². The Morgan fingerprint density at radius 1 is 0.558 bits per heavy atom. The number of hydrogen-bond donors (Lipinski definition) is 0. The second-order valence-corrected chi connectivity index (χ2v) is 15.7. The number of rotatable bonds is 2. The smallest absolute Gasteiger partial charge is 0.352 e. The standard InChI is InChI=1S/C45H36N6.Pt/c1-44(2,3)27-21-22-46-41(23-27)50-37-17-11-8-14-30(37)32-25-31-29-13-7-10-16-36(29)49(39(31)26-40(32)50)28-19-20-34-33(24-28)42-47-35-15-9-12-18-38(35)51(42)43(48-34)45(4,5)6;/h7-23,25H,1-6H3;/q-2;+2. The van der Waals surface area contributed by atoms with Gasteiger partial charge in [-0.1, -0.05) is 106 Å². The number of fused-ring (bicyclic) bond motifs is 11. The van der Waals surface area contributed by atoms with Gasteiger partial charge in [0.15, 0.2) is 0 Å². The molecule has 10 rings (SSSR count). The number of imidazole rings is 1. The molecule has 7 heteroatoms. The molecule has 0 saturated carbocycles. The molecular weight excluding hydrogens is 820 g/mol. The molecule has 0 bridgehead atoms. The van der Waals surface area contributed by atoms with Gasteiger partial charge in [0.1, 0.15) is 11.6 Å². The number of pyridine rings is 1. The number of aromatic nitrogens is 6. The summed E-state index contributed by atoms with van der Waals surface area (Å²) in [4.78, 5) is 15.3. The monoisotopic (exact) mass is 855 g/mol. The summed E-state index contributed by atoms with van der Waals surface area (Å²) >= 11 is 0. The Labute approximate surface area is 316 Å². The molecule has 0 radical (unpaired) electrons. The van der Waals surface area contributed by atoms with E-state index in [-0.39, 0.29) is 31.9 Å². The number of para-hydroxylation sites is 4. The van der Waals surface area contributed by atoms with E-state index in [1.54, 1.807) is 0 Å². The van der Waals surface area contributed by atoms with Gasteiger partial charge in [-0.15, -0.1) is 35.0 Å². The molecule has 5 heterocycles. The Morgan fingerprint density at radius 2 is 1.19 bits per heavy atom. The van der Waals surface area contributed by atoms with Crippen molar-refractivity contribution >= 4 is 71.2 Å². The van der Waals surface area contributed by atoms with E-state index in [2.05, 4.69) is 164 Å². The first-order chi connectivity index (χ1) is 24.6. The van der Waals surface area contributed by atoms with Crippen molar-refractivity contribution in [2.45, 2.75) is 52.4 Å². The molecule has 256 valence electrons. The van der Waals surface area contributed by atoms with Crippen LogP contribution in [0.1, 0.15) is 52.9 Å². The first-order valence-electron chi connectivity index (χ1n) is 17.6. The van der Waals surface area contributed by atoms with Gasteiger partial charge >= 0.3 is 21.1 Å². The Hall–Kier alpha value is -5.32. The van der Waals surface area contributed by atoms with Crippen LogP contribution in [0.4, 0.5) is 0 Å². The minimum Gasteiger partial charge on any atom is -0.352 e. The van der Waals surface area contributed by atoms with Gasteiger partial charge in [-0.2, -0.15) is 6.07 Å². The van der Waals surface area contributed by atoms with E-state index in [1.807, 2.05) is 12.3 Å². The van der Waals surface area contributed by atoms with E-state index < -0.39 is 0 Å². The summed E-state index contributed by atoms with van der Waals surface area (Å²) in [5.74, 6) is 1.86. The molecule has 6 nitrogen and oxygen atoms in total. The van der Waals surface area contributed by atoms with Gasteiger partial charge in [-0.25, -0.2) is 4.98 Å². The third kappa shape index (κ3) is 4.70. The van der Waals surface area contributed by atoms with Crippen molar-refractivity contribution in [1.82, 2.24) is 28.5 Å². The average Bonchev–Trinajstić information content (AvgIpc) is 3.77. The first-order valence-corrected chi connectivity index (χ1v) is 17.6. The molecule has 10 aromatic rings. The largest absolute Gasteiger partial charge is 2.00 e. The molecule has 0 spiro atoms. The third-order valence-electron chi connectivity index (χ3n) is 10.2. The second-order valence-electron chi connectivity index (χ2n) is 15.7. The van der Waals surface area contributed by atoms with E-state index in [9.17, 15) is 0 Å². The van der Waals surface area contributed by atoms with Gasteiger partial charge in [0, 0.05) is 22.6 Å². The molecule has 0 aliphatic carbocycles. The van der Waals surface area contributed by atoms with Crippen molar-refractivity contribution < 1.29 is 21.1 Å². The molecule has 5 aromatic heterocycles. The third-order valence-corrected chi connectivity index (χ3v) is 10.2. The Morgan fingerprint density at radius 3 is 1.88 bits per heavy atom. The van der Waals surface area contributed by atoms with Crippen molar-refractivity contribution in [1.29, 1.82) is 0 Å². The van der Waals surface area contributed by atoms with Crippen LogP contribution in [0.15, 0.2) is 109 Å². The van der Waals surface area contributed by atoms with Crippen LogP contribution in [0.3, 0.4) is 0 Å². The predicted molar refractivity (Wildman–Crippen MR) is 210 cm³/mol. The average molecular weight is 856 g/mol. The normalized spacial score (nSPS) is 12.7. The van der Waals surface area contributed by atoms with Crippen LogP contribution in [0.2, 0.25) is 0 Å². The topological polar surface area (TPSA) is 52.9 Å². The second kappa shape index (κ2) is 11.3. The summed E-state index contributed by atoms with van der Waals surface area (Å²) in [7, 11) is 0. The van der Waals surface area contributed by atoms with Gasteiger partial charge in [-0.05, 0) is 69.4 Å².